The molecule has 102 valence electrons. The van der Waals surface area contributed by atoms with Gasteiger partial charge in [0.2, 0.25) is 0 Å². The van der Waals surface area contributed by atoms with Gasteiger partial charge in [-0.1, -0.05) is 17.7 Å². The molecule has 0 unspecified atom stereocenters. The summed E-state index contributed by atoms with van der Waals surface area (Å²) >= 11 is 14.4. The number of thioether (sulfide) groups is 1. The van der Waals surface area contributed by atoms with Crippen LogP contribution in [0.4, 0.5) is 0 Å². The second-order valence-corrected chi connectivity index (χ2v) is 6.83. The number of imidazole rings is 1. The van der Waals surface area contributed by atoms with Crippen molar-refractivity contribution in [2.75, 3.05) is 11.5 Å². The van der Waals surface area contributed by atoms with Gasteiger partial charge in [0.1, 0.15) is 5.82 Å². The Balaban J connectivity index is 2.00. The predicted octanol–water partition coefficient (Wildman–Crippen LogP) is 4.57. The summed E-state index contributed by atoms with van der Waals surface area (Å²) in [7, 11) is 0. The number of rotatable bonds is 3. The number of fused-ring (bicyclic) bond motifs is 1. The minimum absolute atomic E-state index is 0.437. The minimum Gasteiger partial charge on any atom is -0.325 e. The van der Waals surface area contributed by atoms with E-state index in [2.05, 4.69) is 21.3 Å². The lowest BCUT2D eigenvalue weighted by Gasteiger charge is -2.23. The summed E-state index contributed by atoms with van der Waals surface area (Å²) < 4.78 is 2.23. The van der Waals surface area contributed by atoms with Crippen LogP contribution in [0.5, 0.6) is 0 Å². The van der Waals surface area contributed by atoms with Gasteiger partial charge in [-0.25, -0.2) is 4.98 Å². The molecular weight excluding hydrogens is 299 g/mol. The average Bonchev–Trinajstić information content (AvgIpc) is 2.79. The second-order valence-electron chi connectivity index (χ2n) is 4.94. The first-order valence-corrected chi connectivity index (χ1v) is 8.63. The van der Waals surface area contributed by atoms with Crippen LogP contribution >= 0.6 is 35.0 Å². The summed E-state index contributed by atoms with van der Waals surface area (Å²) in [6.07, 6.45) is 2.55. The van der Waals surface area contributed by atoms with Crippen molar-refractivity contribution < 1.29 is 0 Å². The number of nitrogens with zero attached hydrogens (tertiary/aromatic N) is 2. The summed E-state index contributed by atoms with van der Waals surface area (Å²) in [4.78, 5) is 4.60. The highest BCUT2D eigenvalue weighted by atomic mass is 35.5. The van der Waals surface area contributed by atoms with E-state index in [-0.39, 0.29) is 0 Å². The quantitative estimate of drug-likeness (QED) is 0.772. The topological polar surface area (TPSA) is 17.8 Å². The van der Waals surface area contributed by atoms with E-state index < -0.39 is 0 Å². The maximum absolute atomic E-state index is 6.34. The van der Waals surface area contributed by atoms with E-state index in [1.807, 2.05) is 18.2 Å². The molecule has 19 heavy (non-hydrogen) atoms. The van der Waals surface area contributed by atoms with Crippen LogP contribution in [0.15, 0.2) is 18.2 Å². The molecule has 0 saturated carbocycles. The van der Waals surface area contributed by atoms with Gasteiger partial charge in [-0.15, -0.1) is 11.6 Å². The highest BCUT2D eigenvalue weighted by molar-refractivity contribution is 7.99. The lowest BCUT2D eigenvalue weighted by molar-refractivity contribution is 0.417. The standard InChI is InChI=1S/C14H16Cl2N2S/c15-8-13-17-12-3-1-2-11(16)14(12)18(13)9-10-4-6-19-7-5-10/h1-3,10H,4-9H2. The summed E-state index contributed by atoms with van der Waals surface area (Å²) in [5.74, 6) is 4.62. The zero-order valence-corrected chi connectivity index (χ0v) is 12.9. The van der Waals surface area contributed by atoms with Gasteiger partial charge in [-0.2, -0.15) is 11.8 Å². The number of benzene rings is 1. The predicted molar refractivity (Wildman–Crippen MR) is 84.3 cm³/mol. The molecule has 1 fully saturated rings. The van der Waals surface area contributed by atoms with E-state index in [0.717, 1.165) is 34.3 Å². The van der Waals surface area contributed by atoms with Crippen molar-refractivity contribution in [2.24, 2.45) is 5.92 Å². The van der Waals surface area contributed by atoms with Crippen LogP contribution in [0, 0.1) is 5.92 Å². The highest BCUT2D eigenvalue weighted by Gasteiger charge is 2.19. The monoisotopic (exact) mass is 314 g/mol. The van der Waals surface area contributed by atoms with E-state index in [9.17, 15) is 0 Å². The zero-order chi connectivity index (χ0) is 13.2. The maximum atomic E-state index is 6.34. The smallest absolute Gasteiger partial charge is 0.124 e. The molecule has 0 N–H and O–H groups in total. The molecule has 0 spiro atoms. The molecular formula is C14H16Cl2N2S. The summed E-state index contributed by atoms with van der Waals surface area (Å²) in [6, 6.07) is 5.87. The first kappa shape index (κ1) is 13.6. The normalized spacial score (nSPS) is 17.2. The Hall–Kier alpha value is -0.380. The molecule has 2 nitrogen and oxygen atoms in total. The first-order valence-electron chi connectivity index (χ1n) is 6.57. The third-order valence-corrected chi connectivity index (χ3v) is 5.29. The fourth-order valence-electron chi connectivity index (χ4n) is 2.68. The van der Waals surface area contributed by atoms with E-state index in [1.54, 1.807) is 0 Å². The van der Waals surface area contributed by atoms with E-state index >= 15 is 0 Å². The molecule has 2 heterocycles. The highest BCUT2D eigenvalue weighted by Crippen LogP contribution is 2.29. The number of halogens is 2. The van der Waals surface area contributed by atoms with Crippen LogP contribution in [0.3, 0.4) is 0 Å². The van der Waals surface area contributed by atoms with Gasteiger partial charge >= 0.3 is 0 Å². The average molecular weight is 315 g/mol. The molecule has 1 aliphatic heterocycles. The summed E-state index contributed by atoms with van der Waals surface area (Å²) in [6.45, 7) is 0.989. The Morgan fingerprint density at radius 3 is 2.84 bits per heavy atom. The van der Waals surface area contributed by atoms with Gasteiger partial charge in [0.25, 0.3) is 0 Å². The van der Waals surface area contributed by atoms with Crippen molar-refractivity contribution in [2.45, 2.75) is 25.3 Å². The molecule has 2 aromatic rings. The second kappa shape index (κ2) is 5.94. The van der Waals surface area contributed by atoms with Crippen molar-refractivity contribution in [3.8, 4) is 0 Å². The van der Waals surface area contributed by atoms with Crippen LogP contribution in [0.25, 0.3) is 11.0 Å². The van der Waals surface area contributed by atoms with Crippen molar-refractivity contribution in [1.82, 2.24) is 9.55 Å². The van der Waals surface area contributed by atoms with Gasteiger partial charge in [0.15, 0.2) is 0 Å². The number of aromatic nitrogens is 2. The van der Waals surface area contributed by atoms with Gasteiger partial charge in [-0.05, 0) is 42.4 Å². The van der Waals surface area contributed by atoms with Gasteiger partial charge in [-0.3, -0.25) is 0 Å². The fraction of sp³-hybridized carbons (Fsp3) is 0.500. The molecule has 1 saturated heterocycles. The van der Waals surface area contributed by atoms with Crippen molar-refractivity contribution >= 4 is 46.0 Å². The molecule has 0 aliphatic carbocycles. The van der Waals surface area contributed by atoms with Gasteiger partial charge < -0.3 is 4.57 Å². The number of hydrogen-bond donors (Lipinski definition) is 0. The van der Waals surface area contributed by atoms with E-state index in [1.165, 1.54) is 24.3 Å². The van der Waals surface area contributed by atoms with Crippen LogP contribution in [-0.2, 0) is 12.4 Å². The molecule has 0 radical (unpaired) electrons. The summed E-state index contributed by atoms with van der Waals surface area (Å²) in [5.41, 5.74) is 1.99. The first-order chi connectivity index (χ1) is 9.29. The molecule has 5 heteroatoms. The maximum Gasteiger partial charge on any atom is 0.124 e. The Kier molecular flexibility index (Phi) is 4.25. The van der Waals surface area contributed by atoms with E-state index in [0.29, 0.717) is 5.88 Å². The molecule has 1 aromatic heterocycles. The third-order valence-electron chi connectivity index (χ3n) is 3.70. The van der Waals surface area contributed by atoms with Crippen LogP contribution in [0.1, 0.15) is 18.7 Å². The molecule has 3 rings (SSSR count). The Morgan fingerprint density at radius 1 is 1.32 bits per heavy atom. The third kappa shape index (κ3) is 2.74. The number of para-hydroxylation sites is 1. The minimum atomic E-state index is 0.437. The molecule has 1 aliphatic rings. The van der Waals surface area contributed by atoms with Gasteiger partial charge in [0, 0.05) is 6.54 Å². The SMILES string of the molecule is ClCc1nc2cccc(Cl)c2n1CC1CCSCC1. The van der Waals surface area contributed by atoms with Crippen molar-refractivity contribution in [3.05, 3.63) is 29.0 Å². The number of hydrogen-bond acceptors (Lipinski definition) is 2. The Bertz CT molecular complexity index is 576. The Morgan fingerprint density at radius 2 is 2.11 bits per heavy atom. The van der Waals surface area contributed by atoms with Crippen LogP contribution < -0.4 is 0 Å². The lowest BCUT2D eigenvalue weighted by Crippen LogP contribution is -2.17. The number of alkyl halides is 1. The van der Waals surface area contributed by atoms with Crippen molar-refractivity contribution in [3.63, 3.8) is 0 Å². The zero-order valence-electron chi connectivity index (χ0n) is 10.6. The van der Waals surface area contributed by atoms with Gasteiger partial charge in [0.05, 0.1) is 21.9 Å². The largest absolute Gasteiger partial charge is 0.325 e. The Labute approximate surface area is 127 Å². The van der Waals surface area contributed by atoms with Crippen molar-refractivity contribution in [1.29, 1.82) is 0 Å². The molecule has 0 atom stereocenters. The molecule has 0 amide bonds. The molecule has 1 aromatic carbocycles. The van der Waals surface area contributed by atoms with E-state index in [4.69, 9.17) is 23.2 Å². The fourth-order valence-corrected chi connectivity index (χ4v) is 4.36. The summed E-state index contributed by atoms with van der Waals surface area (Å²) in [5, 5.41) is 0.770. The van der Waals surface area contributed by atoms with Crippen LogP contribution in [0.2, 0.25) is 5.02 Å². The molecule has 0 bridgehead atoms. The lowest BCUT2D eigenvalue weighted by atomic mass is 10.0. The van der Waals surface area contributed by atoms with Crippen LogP contribution in [-0.4, -0.2) is 21.1 Å².